The molecule has 1 heterocycles. The quantitative estimate of drug-likeness (QED) is 0.909. The van der Waals surface area contributed by atoms with Gasteiger partial charge in [-0.15, -0.1) is 5.10 Å². The molecule has 2 rings (SSSR count). The second kappa shape index (κ2) is 6.45. The van der Waals surface area contributed by atoms with Crippen molar-refractivity contribution < 1.29 is 9.59 Å². The summed E-state index contributed by atoms with van der Waals surface area (Å²) in [5.41, 5.74) is 2.82. The third kappa shape index (κ3) is 3.43. The third-order valence-corrected chi connectivity index (χ3v) is 3.76. The Bertz CT molecular complexity index is 681. The lowest BCUT2D eigenvalue weighted by Crippen LogP contribution is -2.14. The van der Waals surface area contributed by atoms with E-state index in [0.717, 1.165) is 17.1 Å². The van der Waals surface area contributed by atoms with E-state index >= 15 is 0 Å². The van der Waals surface area contributed by atoms with Gasteiger partial charge in [0.2, 0.25) is 5.91 Å². The number of aryl methyl sites for hydroxylation is 1. The predicted molar refractivity (Wildman–Crippen MR) is 82.7 cm³/mol. The van der Waals surface area contributed by atoms with Crippen molar-refractivity contribution in [2.45, 2.75) is 27.2 Å². The van der Waals surface area contributed by atoms with E-state index in [9.17, 15) is 9.59 Å². The molecule has 21 heavy (non-hydrogen) atoms. The van der Waals surface area contributed by atoms with Crippen LogP contribution in [0.5, 0.6) is 0 Å². The summed E-state index contributed by atoms with van der Waals surface area (Å²) >= 11 is 1.08. The van der Waals surface area contributed by atoms with E-state index in [1.807, 2.05) is 13.8 Å². The van der Waals surface area contributed by atoms with Crippen molar-refractivity contribution in [1.29, 1.82) is 0 Å². The molecule has 0 atom stereocenters. The number of aromatic nitrogens is 2. The van der Waals surface area contributed by atoms with E-state index in [4.69, 9.17) is 0 Å². The van der Waals surface area contributed by atoms with Crippen LogP contribution in [-0.2, 0) is 11.2 Å². The van der Waals surface area contributed by atoms with Gasteiger partial charge in [-0.05, 0) is 42.6 Å². The summed E-state index contributed by atoms with van der Waals surface area (Å²) < 4.78 is 3.81. The maximum atomic E-state index is 12.3. The summed E-state index contributed by atoms with van der Waals surface area (Å²) in [5.74, 6) is -0.383. The molecule has 110 valence electrons. The normalized spacial score (nSPS) is 10.2. The van der Waals surface area contributed by atoms with Crippen molar-refractivity contribution >= 4 is 34.7 Å². The van der Waals surface area contributed by atoms with Gasteiger partial charge < -0.3 is 10.6 Å². The summed E-state index contributed by atoms with van der Waals surface area (Å²) in [6.45, 7) is 5.21. The molecule has 7 heteroatoms. The molecule has 0 unspecified atom stereocenters. The SMILES string of the molecule is CCc1nnsc1C(=O)Nc1cccc(NC(C)=O)c1C. The number of carbonyl (C=O) groups excluding carboxylic acids is 2. The Morgan fingerprint density at radius 1 is 1.24 bits per heavy atom. The third-order valence-electron chi connectivity index (χ3n) is 2.99. The number of nitrogens with zero attached hydrogens (tertiary/aromatic N) is 2. The first kappa shape index (κ1) is 15.1. The van der Waals surface area contributed by atoms with E-state index in [0.29, 0.717) is 28.4 Å². The zero-order chi connectivity index (χ0) is 15.4. The number of hydrogen-bond acceptors (Lipinski definition) is 5. The van der Waals surface area contributed by atoms with Crippen LogP contribution in [0, 0.1) is 6.92 Å². The van der Waals surface area contributed by atoms with Crippen LogP contribution >= 0.6 is 11.5 Å². The molecule has 0 saturated heterocycles. The Balaban J connectivity index is 2.24. The highest BCUT2D eigenvalue weighted by molar-refractivity contribution is 7.08. The smallest absolute Gasteiger partial charge is 0.269 e. The van der Waals surface area contributed by atoms with Gasteiger partial charge in [0.1, 0.15) is 4.88 Å². The highest BCUT2D eigenvalue weighted by atomic mass is 32.1. The zero-order valence-electron chi connectivity index (χ0n) is 12.1. The fourth-order valence-electron chi connectivity index (χ4n) is 1.89. The van der Waals surface area contributed by atoms with Crippen LogP contribution in [0.2, 0.25) is 0 Å². The first-order valence-corrected chi connectivity index (χ1v) is 7.30. The Morgan fingerprint density at radius 3 is 2.52 bits per heavy atom. The maximum absolute atomic E-state index is 12.3. The fraction of sp³-hybridized carbons (Fsp3) is 0.286. The summed E-state index contributed by atoms with van der Waals surface area (Å²) in [7, 11) is 0. The van der Waals surface area contributed by atoms with Crippen molar-refractivity contribution in [3.8, 4) is 0 Å². The topological polar surface area (TPSA) is 84.0 Å². The Labute approximate surface area is 126 Å². The van der Waals surface area contributed by atoms with Gasteiger partial charge >= 0.3 is 0 Å². The lowest BCUT2D eigenvalue weighted by atomic mass is 10.1. The molecular formula is C14H16N4O2S. The lowest BCUT2D eigenvalue weighted by Gasteiger charge is -2.12. The van der Waals surface area contributed by atoms with E-state index in [-0.39, 0.29) is 11.8 Å². The standard InChI is InChI=1S/C14H16N4O2S/c1-4-10-13(21-18-17-10)14(20)16-12-7-5-6-11(8(12)2)15-9(3)19/h5-7H,4H2,1-3H3,(H,15,19)(H,16,20). The van der Waals surface area contributed by atoms with Crippen LogP contribution in [0.3, 0.4) is 0 Å². The minimum atomic E-state index is -0.232. The van der Waals surface area contributed by atoms with Crippen LogP contribution in [0.1, 0.15) is 34.8 Å². The van der Waals surface area contributed by atoms with Crippen LogP contribution in [-0.4, -0.2) is 21.4 Å². The van der Waals surface area contributed by atoms with Crippen LogP contribution < -0.4 is 10.6 Å². The lowest BCUT2D eigenvalue weighted by molar-refractivity contribution is -0.114. The molecule has 0 aliphatic rings. The molecule has 0 saturated carbocycles. The summed E-state index contributed by atoms with van der Waals surface area (Å²) in [4.78, 5) is 23.9. The average Bonchev–Trinajstić information content (AvgIpc) is 2.91. The highest BCUT2D eigenvalue weighted by Gasteiger charge is 2.16. The van der Waals surface area contributed by atoms with Gasteiger partial charge in [-0.2, -0.15) is 0 Å². The molecule has 0 aliphatic carbocycles. The highest BCUT2D eigenvalue weighted by Crippen LogP contribution is 2.24. The van der Waals surface area contributed by atoms with Gasteiger partial charge in [0.05, 0.1) is 5.69 Å². The summed E-state index contributed by atoms with van der Waals surface area (Å²) in [6, 6.07) is 5.36. The van der Waals surface area contributed by atoms with Crippen LogP contribution in [0.25, 0.3) is 0 Å². The number of benzene rings is 1. The molecule has 0 radical (unpaired) electrons. The van der Waals surface area contributed by atoms with Crippen molar-refractivity contribution in [3.63, 3.8) is 0 Å². The molecule has 2 amide bonds. The molecule has 0 fully saturated rings. The Morgan fingerprint density at radius 2 is 1.90 bits per heavy atom. The molecule has 0 spiro atoms. The average molecular weight is 304 g/mol. The van der Waals surface area contributed by atoms with Gasteiger partial charge in [-0.1, -0.05) is 17.5 Å². The maximum Gasteiger partial charge on any atom is 0.269 e. The molecule has 2 N–H and O–H groups in total. The number of anilines is 2. The van der Waals surface area contributed by atoms with Crippen LogP contribution in [0.15, 0.2) is 18.2 Å². The number of hydrogen-bond donors (Lipinski definition) is 2. The van der Waals surface area contributed by atoms with Gasteiger partial charge in [-0.25, -0.2) is 0 Å². The van der Waals surface area contributed by atoms with Crippen molar-refractivity contribution in [2.75, 3.05) is 10.6 Å². The largest absolute Gasteiger partial charge is 0.326 e. The number of carbonyl (C=O) groups is 2. The second-order valence-electron chi connectivity index (χ2n) is 4.52. The van der Waals surface area contributed by atoms with Gasteiger partial charge in [0, 0.05) is 18.3 Å². The van der Waals surface area contributed by atoms with Crippen molar-refractivity contribution in [2.24, 2.45) is 0 Å². The summed E-state index contributed by atoms with van der Waals surface area (Å²) in [5, 5.41) is 9.50. The van der Waals surface area contributed by atoms with E-state index in [2.05, 4.69) is 20.2 Å². The Kier molecular flexibility index (Phi) is 4.64. The van der Waals surface area contributed by atoms with E-state index in [1.54, 1.807) is 18.2 Å². The minimum absolute atomic E-state index is 0.151. The molecular weight excluding hydrogens is 288 g/mol. The first-order valence-electron chi connectivity index (χ1n) is 6.52. The van der Waals surface area contributed by atoms with E-state index < -0.39 is 0 Å². The monoisotopic (exact) mass is 304 g/mol. The summed E-state index contributed by atoms with van der Waals surface area (Å²) in [6.07, 6.45) is 0.657. The fourth-order valence-corrected chi connectivity index (χ4v) is 2.53. The zero-order valence-corrected chi connectivity index (χ0v) is 12.9. The van der Waals surface area contributed by atoms with Gasteiger partial charge in [0.15, 0.2) is 0 Å². The second-order valence-corrected chi connectivity index (χ2v) is 5.27. The predicted octanol–water partition coefficient (Wildman–Crippen LogP) is 2.62. The van der Waals surface area contributed by atoms with E-state index in [1.165, 1.54) is 6.92 Å². The number of rotatable bonds is 4. The molecule has 1 aromatic carbocycles. The molecule has 0 bridgehead atoms. The Hall–Kier alpha value is -2.28. The number of amides is 2. The van der Waals surface area contributed by atoms with Crippen molar-refractivity contribution in [3.05, 3.63) is 34.3 Å². The van der Waals surface area contributed by atoms with Crippen LogP contribution in [0.4, 0.5) is 11.4 Å². The molecule has 0 aliphatic heterocycles. The van der Waals surface area contributed by atoms with Crippen molar-refractivity contribution in [1.82, 2.24) is 9.59 Å². The van der Waals surface area contributed by atoms with Gasteiger partial charge in [0.25, 0.3) is 5.91 Å². The minimum Gasteiger partial charge on any atom is -0.326 e. The van der Waals surface area contributed by atoms with Gasteiger partial charge in [-0.3, -0.25) is 9.59 Å². The molecule has 6 nitrogen and oxygen atoms in total. The number of nitrogens with one attached hydrogen (secondary N) is 2. The molecule has 1 aromatic heterocycles. The molecule has 2 aromatic rings. The first-order chi connectivity index (χ1) is 10.0.